The fourth-order valence-electron chi connectivity index (χ4n) is 3.01. The maximum Gasteiger partial charge on any atom is 0.260 e. The third kappa shape index (κ3) is 5.11. The molecule has 1 aliphatic heterocycles. The van der Waals surface area contributed by atoms with Gasteiger partial charge in [-0.05, 0) is 36.3 Å². The number of benzene rings is 1. The van der Waals surface area contributed by atoms with Gasteiger partial charge < -0.3 is 15.4 Å². The Morgan fingerprint density at radius 2 is 2.00 bits per heavy atom. The van der Waals surface area contributed by atoms with Crippen LogP contribution in [-0.2, 0) is 10.2 Å². The maximum atomic E-state index is 12.4. The Bertz CT molecular complexity index is 514. The summed E-state index contributed by atoms with van der Waals surface area (Å²) in [7, 11) is 0. The van der Waals surface area contributed by atoms with Crippen LogP contribution in [0.5, 0.6) is 5.75 Å². The van der Waals surface area contributed by atoms with Crippen molar-refractivity contribution in [2.24, 2.45) is 5.73 Å². The van der Waals surface area contributed by atoms with Crippen LogP contribution in [0.4, 0.5) is 0 Å². The first kappa shape index (κ1) is 19.8. The molecule has 0 radical (unpaired) electrons. The van der Waals surface area contributed by atoms with Crippen molar-refractivity contribution in [3.8, 4) is 5.75 Å². The van der Waals surface area contributed by atoms with Crippen LogP contribution in [0.2, 0.25) is 0 Å². The smallest absolute Gasteiger partial charge is 0.260 e. The van der Waals surface area contributed by atoms with Crippen molar-refractivity contribution < 1.29 is 9.53 Å². The molecule has 1 fully saturated rings. The fraction of sp³-hybridized carbons (Fsp3) is 0.611. The topological polar surface area (TPSA) is 55.6 Å². The lowest BCUT2D eigenvalue weighted by Gasteiger charge is -2.35. The van der Waals surface area contributed by atoms with Crippen molar-refractivity contribution in [1.29, 1.82) is 0 Å². The second-order valence-electron chi connectivity index (χ2n) is 7.01. The van der Waals surface area contributed by atoms with Crippen molar-refractivity contribution in [2.75, 3.05) is 19.7 Å². The number of likely N-dealkylation sites (tertiary alicyclic amines) is 1. The van der Waals surface area contributed by atoms with Crippen molar-refractivity contribution in [2.45, 2.75) is 51.5 Å². The van der Waals surface area contributed by atoms with Gasteiger partial charge >= 0.3 is 0 Å². The summed E-state index contributed by atoms with van der Waals surface area (Å²) in [5, 5.41) is 0. The van der Waals surface area contributed by atoms with E-state index >= 15 is 0 Å². The van der Waals surface area contributed by atoms with Crippen LogP contribution in [0.15, 0.2) is 24.3 Å². The molecule has 1 heterocycles. The number of piperidine rings is 1. The van der Waals surface area contributed by atoms with Gasteiger partial charge in [-0.25, -0.2) is 0 Å². The lowest BCUT2D eigenvalue weighted by atomic mass is 9.86. The summed E-state index contributed by atoms with van der Waals surface area (Å²) in [4.78, 5) is 14.3. The highest BCUT2D eigenvalue weighted by atomic mass is 35.5. The Morgan fingerprint density at radius 3 is 2.65 bits per heavy atom. The normalized spacial score (nSPS) is 18.3. The zero-order chi connectivity index (χ0) is 16.2. The van der Waals surface area contributed by atoms with Gasteiger partial charge in [-0.2, -0.15) is 0 Å². The summed E-state index contributed by atoms with van der Waals surface area (Å²) in [5.41, 5.74) is 6.90. The molecular formula is C18H29ClN2O2. The predicted molar refractivity (Wildman–Crippen MR) is 96.3 cm³/mol. The monoisotopic (exact) mass is 340 g/mol. The molecule has 1 aliphatic rings. The zero-order valence-corrected chi connectivity index (χ0v) is 15.2. The first-order chi connectivity index (χ1) is 10.4. The lowest BCUT2D eigenvalue weighted by molar-refractivity contribution is -0.136. The van der Waals surface area contributed by atoms with E-state index in [2.05, 4.69) is 26.8 Å². The Balaban J connectivity index is 0.00000264. The van der Waals surface area contributed by atoms with Gasteiger partial charge in [0.05, 0.1) is 0 Å². The van der Waals surface area contributed by atoms with E-state index in [4.69, 9.17) is 10.5 Å². The van der Waals surface area contributed by atoms with Gasteiger partial charge in [-0.15, -0.1) is 12.4 Å². The van der Waals surface area contributed by atoms with Crippen LogP contribution in [0.1, 0.15) is 45.6 Å². The number of nitrogens with zero attached hydrogens (tertiary/aromatic N) is 1. The SMILES string of the molecule is CC(C)(C)c1ccccc1OCC(=O)N1CCCCC1CN.Cl. The molecule has 130 valence electrons. The third-order valence-electron chi connectivity index (χ3n) is 4.27. The van der Waals surface area contributed by atoms with E-state index in [1.807, 2.05) is 23.1 Å². The molecular weight excluding hydrogens is 312 g/mol. The first-order valence-corrected chi connectivity index (χ1v) is 8.15. The molecule has 23 heavy (non-hydrogen) atoms. The van der Waals surface area contributed by atoms with E-state index in [9.17, 15) is 4.79 Å². The van der Waals surface area contributed by atoms with Crippen LogP contribution < -0.4 is 10.5 Å². The molecule has 5 heteroatoms. The molecule has 0 aliphatic carbocycles. The van der Waals surface area contributed by atoms with Crippen LogP contribution in [-0.4, -0.2) is 36.5 Å². The Hall–Kier alpha value is -1.26. The van der Waals surface area contributed by atoms with E-state index in [-0.39, 0.29) is 36.4 Å². The van der Waals surface area contributed by atoms with Gasteiger partial charge in [0, 0.05) is 19.1 Å². The first-order valence-electron chi connectivity index (χ1n) is 8.15. The molecule has 0 aromatic heterocycles. The number of hydrogen-bond donors (Lipinski definition) is 1. The number of carbonyl (C=O) groups is 1. The number of rotatable bonds is 4. The molecule has 1 aromatic carbocycles. The van der Waals surface area contributed by atoms with E-state index in [1.54, 1.807) is 0 Å². The quantitative estimate of drug-likeness (QED) is 0.916. The predicted octanol–water partition coefficient (Wildman–Crippen LogP) is 3.12. The molecule has 1 saturated heterocycles. The van der Waals surface area contributed by atoms with E-state index in [1.165, 1.54) is 0 Å². The van der Waals surface area contributed by atoms with Gasteiger partial charge in [0.25, 0.3) is 5.91 Å². The van der Waals surface area contributed by atoms with Crippen molar-refractivity contribution in [1.82, 2.24) is 4.90 Å². The standard InChI is InChI=1S/C18H28N2O2.ClH/c1-18(2,3)15-9-4-5-10-16(15)22-13-17(21)20-11-7-6-8-14(20)12-19;/h4-5,9-10,14H,6-8,11-13,19H2,1-3H3;1H. The molecule has 1 atom stereocenters. The number of amides is 1. The molecule has 0 spiro atoms. The van der Waals surface area contributed by atoms with Crippen LogP contribution >= 0.6 is 12.4 Å². The maximum absolute atomic E-state index is 12.4. The minimum absolute atomic E-state index is 0. The fourth-order valence-corrected chi connectivity index (χ4v) is 3.01. The van der Waals surface area contributed by atoms with Crippen molar-refractivity contribution in [3.05, 3.63) is 29.8 Å². The second kappa shape index (κ2) is 8.55. The Labute approximate surface area is 145 Å². The molecule has 1 aromatic rings. The summed E-state index contributed by atoms with van der Waals surface area (Å²) in [6.07, 6.45) is 3.21. The largest absolute Gasteiger partial charge is 0.483 e. The molecule has 0 bridgehead atoms. The highest BCUT2D eigenvalue weighted by Gasteiger charge is 2.26. The summed E-state index contributed by atoms with van der Waals surface area (Å²) >= 11 is 0. The summed E-state index contributed by atoms with van der Waals surface area (Å²) < 4.78 is 5.84. The third-order valence-corrected chi connectivity index (χ3v) is 4.27. The summed E-state index contributed by atoms with van der Waals surface area (Å²) in [6.45, 7) is 7.85. The average Bonchev–Trinajstić information content (AvgIpc) is 2.52. The second-order valence-corrected chi connectivity index (χ2v) is 7.01. The number of nitrogens with two attached hydrogens (primary N) is 1. The molecule has 1 unspecified atom stereocenters. The highest BCUT2D eigenvalue weighted by Crippen LogP contribution is 2.31. The molecule has 4 nitrogen and oxygen atoms in total. The molecule has 2 N–H and O–H groups in total. The molecule has 1 amide bonds. The number of hydrogen-bond acceptors (Lipinski definition) is 3. The van der Waals surface area contributed by atoms with Gasteiger partial charge in [0.2, 0.25) is 0 Å². The summed E-state index contributed by atoms with van der Waals surface area (Å²) in [6, 6.07) is 8.11. The van der Waals surface area contributed by atoms with E-state index in [0.717, 1.165) is 37.1 Å². The number of para-hydroxylation sites is 1. The van der Waals surface area contributed by atoms with E-state index in [0.29, 0.717) is 6.54 Å². The minimum Gasteiger partial charge on any atom is -0.483 e. The Morgan fingerprint density at radius 1 is 1.30 bits per heavy atom. The van der Waals surface area contributed by atoms with Crippen molar-refractivity contribution >= 4 is 18.3 Å². The highest BCUT2D eigenvalue weighted by molar-refractivity contribution is 5.85. The van der Waals surface area contributed by atoms with Gasteiger partial charge in [-0.3, -0.25) is 4.79 Å². The minimum atomic E-state index is -0.00937. The number of halogens is 1. The van der Waals surface area contributed by atoms with E-state index < -0.39 is 0 Å². The van der Waals surface area contributed by atoms with Crippen LogP contribution in [0.3, 0.4) is 0 Å². The lowest BCUT2D eigenvalue weighted by Crippen LogP contribution is -2.49. The summed E-state index contributed by atoms with van der Waals surface area (Å²) in [5.74, 6) is 0.837. The Kier molecular flexibility index (Phi) is 7.36. The van der Waals surface area contributed by atoms with Crippen LogP contribution in [0, 0.1) is 0 Å². The van der Waals surface area contributed by atoms with Gasteiger partial charge in [0.15, 0.2) is 6.61 Å². The van der Waals surface area contributed by atoms with Gasteiger partial charge in [-0.1, -0.05) is 39.0 Å². The zero-order valence-electron chi connectivity index (χ0n) is 14.4. The average molecular weight is 341 g/mol. The number of ether oxygens (including phenoxy) is 1. The molecule has 0 saturated carbocycles. The van der Waals surface area contributed by atoms with Crippen molar-refractivity contribution in [3.63, 3.8) is 0 Å². The van der Waals surface area contributed by atoms with Gasteiger partial charge in [0.1, 0.15) is 5.75 Å². The molecule has 2 rings (SSSR count). The van der Waals surface area contributed by atoms with Crippen LogP contribution in [0.25, 0.3) is 0 Å². The number of carbonyl (C=O) groups excluding carboxylic acids is 1.